The molecule has 66 valence electrons. The van der Waals surface area contributed by atoms with Crippen molar-refractivity contribution in [2.24, 2.45) is 0 Å². The summed E-state index contributed by atoms with van der Waals surface area (Å²) in [4.78, 5) is 15.0. The number of halogens is 1. The summed E-state index contributed by atoms with van der Waals surface area (Å²) in [6, 6.07) is 0. The van der Waals surface area contributed by atoms with E-state index in [0.717, 1.165) is 0 Å². The zero-order chi connectivity index (χ0) is 8.81. The monoisotopic (exact) mass is 204 g/mol. The first-order valence-corrected chi connectivity index (χ1v) is 4.99. The normalized spacial score (nSPS) is 9.75. The third kappa shape index (κ3) is 3.19. The van der Waals surface area contributed by atoms with Gasteiger partial charge in [0.15, 0.2) is 5.13 Å². The van der Waals surface area contributed by atoms with Crippen LogP contribution in [0.3, 0.4) is 0 Å². The minimum atomic E-state index is -0.0226. The summed E-state index contributed by atoms with van der Waals surface area (Å²) < 4.78 is 0. The lowest BCUT2D eigenvalue weighted by Crippen LogP contribution is -2.10. The molecule has 1 aromatic heterocycles. The molecule has 12 heavy (non-hydrogen) atoms. The predicted molar refractivity (Wildman–Crippen MR) is 50.7 cm³/mol. The van der Waals surface area contributed by atoms with Gasteiger partial charge in [-0.2, -0.15) is 0 Å². The molecule has 0 atom stereocenters. The zero-order valence-electron chi connectivity index (χ0n) is 6.42. The van der Waals surface area contributed by atoms with Crippen molar-refractivity contribution < 1.29 is 4.79 Å². The summed E-state index contributed by atoms with van der Waals surface area (Å²) in [5, 5.41) is 5.13. The summed E-state index contributed by atoms with van der Waals surface area (Å²) in [6.07, 6.45) is 2.82. The molecule has 0 fully saturated rings. The fourth-order valence-electron chi connectivity index (χ4n) is 0.694. The van der Waals surface area contributed by atoms with Gasteiger partial charge in [0, 0.05) is 23.9 Å². The number of carbonyl (C=O) groups is 1. The SMILES string of the molecule is O=C(CCCCl)Nc1nccs1. The smallest absolute Gasteiger partial charge is 0.226 e. The molecule has 0 aliphatic rings. The maximum absolute atomic E-state index is 11.1. The number of anilines is 1. The fraction of sp³-hybridized carbons (Fsp3) is 0.429. The molecule has 0 aliphatic carbocycles. The highest BCUT2D eigenvalue weighted by molar-refractivity contribution is 7.13. The maximum atomic E-state index is 11.1. The van der Waals surface area contributed by atoms with E-state index in [4.69, 9.17) is 11.6 Å². The highest BCUT2D eigenvalue weighted by Crippen LogP contribution is 2.10. The fourth-order valence-corrected chi connectivity index (χ4v) is 1.37. The summed E-state index contributed by atoms with van der Waals surface area (Å²) in [6.45, 7) is 0. The maximum Gasteiger partial charge on any atom is 0.226 e. The van der Waals surface area contributed by atoms with E-state index in [1.807, 2.05) is 5.38 Å². The van der Waals surface area contributed by atoms with Gasteiger partial charge >= 0.3 is 0 Å². The number of hydrogen-bond acceptors (Lipinski definition) is 3. The molecule has 0 unspecified atom stereocenters. The number of carbonyl (C=O) groups excluding carboxylic acids is 1. The van der Waals surface area contributed by atoms with E-state index in [1.54, 1.807) is 6.20 Å². The van der Waals surface area contributed by atoms with Gasteiger partial charge in [-0.3, -0.25) is 4.79 Å². The molecule has 0 bridgehead atoms. The van der Waals surface area contributed by atoms with Gasteiger partial charge in [-0.1, -0.05) is 0 Å². The highest BCUT2D eigenvalue weighted by Gasteiger charge is 2.02. The Labute approximate surface area is 79.8 Å². The number of nitrogens with one attached hydrogen (secondary N) is 1. The highest BCUT2D eigenvalue weighted by atomic mass is 35.5. The Hall–Kier alpha value is -0.610. The van der Waals surface area contributed by atoms with Crippen molar-refractivity contribution in [3.8, 4) is 0 Å². The van der Waals surface area contributed by atoms with Crippen LogP contribution in [0.25, 0.3) is 0 Å². The Morgan fingerprint density at radius 2 is 2.58 bits per heavy atom. The second-order valence-electron chi connectivity index (χ2n) is 2.18. The third-order valence-electron chi connectivity index (χ3n) is 1.22. The Kier molecular flexibility index (Phi) is 4.04. The van der Waals surface area contributed by atoms with Gasteiger partial charge < -0.3 is 5.32 Å². The average molecular weight is 205 g/mol. The second kappa shape index (κ2) is 5.11. The summed E-state index contributed by atoms with van der Waals surface area (Å²) >= 11 is 6.84. The lowest BCUT2D eigenvalue weighted by molar-refractivity contribution is -0.116. The Morgan fingerprint density at radius 3 is 3.17 bits per heavy atom. The van der Waals surface area contributed by atoms with Crippen molar-refractivity contribution >= 4 is 34.0 Å². The number of rotatable bonds is 4. The topological polar surface area (TPSA) is 42.0 Å². The first kappa shape index (κ1) is 9.48. The molecule has 1 heterocycles. The quantitative estimate of drug-likeness (QED) is 0.764. The first-order valence-electron chi connectivity index (χ1n) is 3.58. The average Bonchev–Trinajstić information content (AvgIpc) is 2.53. The minimum absolute atomic E-state index is 0.0226. The summed E-state index contributed by atoms with van der Waals surface area (Å²) in [7, 11) is 0. The van der Waals surface area contributed by atoms with Crippen LogP contribution in [0.15, 0.2) is 11.6 Å². The Bertz CT molecular complexity index is 238. The molecule has 0 saturated heterocycles. The van der Waals surface area contributed by atoms with Crippen molar-refractivity contribution in [2.75, 3.05) is 11.2 Å². The van der Waals surface area contributed by atoms with Crippen LogP contribution in [-0.2, 0) is 4.79 Å². The van der Waals surface area contributed by atoms with Gasteiger partial charge in [0.2, 0.25) is 5.91 Å². The van der Waals surface area contributed by atoms with Crippen LogP contribution < -0.4 is 5.32 Å². The van der Waals surface area contributed by atoms with Crippen molar-refractivity contribution in [3.63, 3.8) is 0 Å². The van der Waals surface area contributed by atoms with Gasteiger partial charge in [0.1, 0.15) is 0 Å². The summed E-state index contributed by atoms with van der Waals surface area (Å²) in [5.41, 5.74) is 0. The standard InChI is InChI=1S/C7H9ClN2OS/c8-3-1-2-6(11)10-7-9-4-5-12-7/h4-5H,1-3H2,(H,9,10,11). The van der Waals surface area contributed by atoms with Gasteiger partial charge in [0.05, 0.1) is 0 Å². The number of aromatic nitrogens is 1. The molecule has 0 radical (unpaired) electrons. The number of alkyl halides is 1. The number of hydrogen-bond donors (Lipinski definition) is 1. The molecule has 1 N–H and O–H groups in total. The minimum Gasteiger partial charge on any atom is -0.302 e. The number of thiazole rings is 1. The molecule has 3 nitrogen and oxygen atoms in total. The van der Waals surface area contributed by atoms with Crippen LogP contribution in [0.1, 0.15) is 12.8 Å². The molecule has 1 amide bonds. The number of nitrogens with zero attached hydrogens (tertiary/aromatic N) is 1. The van der Waals surface area contributed by atoms with E-state index >= 15 is 0 Å². The van der Waals surface area contributed by atoms with Crippen molar-refractivity contribution in [2.45, 2.75) is 12.8 Å². The van der Waals surface area contributed by atoms with Gasteiger partial charge in [0.25, 0.3) is 0 Å². The van der Waals surface area contributed by atoms with E-state index < -0.39 is 0 Å². The summed E-state index contributed by atoms with van der Waals surface area (Å²) in [5.74, 6) is 0.497. The predicted octanol–water partition coefficient (Wildman–Crippen LogP) is 2.10. The van der Waals surface area contributed by atoms with Crippen LogP contribution in [0.5, 0.6) is 0 Å². The third-order valence-corrected chi connectivity index (χ3v) is 2.17. The Balaban J connectivity index is 2.27. The van der Waals surface area contributed by atoms with Crippen molar-refractivity contribution in [3.05, 3.63) is 11.6 Å². The van der Waals surface area contributed by atoms with E-state index in [0.29, 0.717) is 23.9 Å². The van der Waals surface area contributed by atoms with Crippen LogP contribution in [0.2, 0.25) is 0 Å². The van der Waals surface area contributed by atoms with Gasteiger partial charge in [-0.05, 0) is 6.42 Å². The van der Waals surface area contributed by atoms with Crippen molar-refractivity contribution in [1.29, 1.82) is 0 Å². The zero-order valence-corrected chi connectivity index (χ0v) is 7.99. The lowest BCUT2D eigenvalue weighted by Gasteiger charge is -1.98. The van der Waals surface area contributed by atoms with Crippen LogP contribution in [0, 0.1) is 0 Å². The lowest BCUT2D eigenvalue weighted by atomic mass is 10.3. The second-order valence-corrected chi connectivity index (χ2v) is 3.45. The molecule has 0 aliphatic heterocycles. The van der Waals surface area contributed by atoms with E-state index in [-0.39, 0.29) is 5.91 Å². The first-order chi connectivity index (χ1) is 5.83. The number of amides is 1. The molecular formula is C7H9ClN2OS. The molecule has 1 aromatic rings. The van der Waals surface area contributed by atoms with Gasteiger partial charge in [-0.25, -0.2) is 4.98 Å². The largest absolute Gasteiger partial charge is 0.302 e. The molecule has 0 aromatic carbocycles. The van der Waals surface area contributed by atoms with Crippen LogP contribution >= 0.6 is 22.9 Å². The van der Waals surface area contributed by atoms with E-state index in [1.165, 1.54) is 11.3 Å². The van der Waals surface area contributed by atoms with E-state index in [2.05, 4.69) is 10.3 Å². The molecule has 5 heteroatoms. The van der Waals surface area contributed by atoms with Crippen molar-refractivity contribution in [1.82, 2.24) is 4.98 Å². The molecule has 0 spiro atoms. The molecular weight excluding hydrogens is 196 g/mol. The molecule has 1 rings (SSSR count). The Morgan fingerprint density at radius 1 is 1.75 bits per heavy atom. The molecule has 0 saturated carbocycles. The van der Waals surface area contributed by atoms with Crippen LogP contribution in [0.4, 0.5) is 5.13 Å². The van der Waals surface area contributed by atoms with Gasteiger partial charge in [-0.15, -0.1) is 22.9 Å². The van der Waals surface area contributed by atoms with Crippen LogP contribution in [-0.4, -0.2) is 16.8 Å². The van der Waals surface area contributed by atoms with E-state index in [9.17, 15) is 4.79 Å².